The number of nitrogens with zero attached hydrogens (tertiary/aromatic N) is 1. The minimum absolute atomic E-state index is 0.0495. The zero-order chi connectivity index (χ0) is 15.8. The van der Waals surface area contributed by atoms with Crippen LogP contribution in [0, 0.1) is 5.92 Å². The molecule has 1 amide bonds. The summed E-state index contributed by atoms with van der Waals surface area (Å²) >= 11 is 0. The molecule has 0 spiro atoms. The van der Waals surface area contributed by atoms with Gasteiger partial charge in [0.1, 0.15) is 0 Å². The lowest BCUT2D eigenvalue weighted by molar-refractivity contribution is -0.134. The van der Waals surface area contributed by atoms with Gasteiger partial charge in [0.15, 0.2) is 11.5 Å². The van der Waals surface area contributed by atoms with Crippen LogP contribution in [0.4, 0.5) is 0 Å². The molecule has 0 aliphatic heterocycles. The lowest BCUT2D eigenvalue weighted by Crippen LogP contribution is -2.36. The molecule has 1 rings (SSSR count). The van der Waals surface area contributed by atoms with Crippen molar-refractivity contribution in [3.05, 3.63) is 23.8 Å². The Morgan fingerprint density at radius 3 is 2.62 bits per heavy atom. The first-order chi connectivity index (χ1) is 10.0. The number of carbonyl (C=O) groups is 1. The number of amides is 1. The monoisotopic (exact) mass is 294 g/mol. The molecule has 5 heteroatoms. The zero-order valence-corrected chi connectivity index (χ0v) is 13.6. The minimum atomic E-state index is -0.0495. The number of benzene rings is 1. The maximum atomic E-state index is 12.3. The summed E-state index contributed by atoms with van der Waals surface area (Å²) in [4.78, 5) is 14.0. The van der Waals surface area contributed by atoms with Crippen LogP contribution in [0.15, 0.2) is 18.2 Å². The normalized spacial score (nSPS) is 11.9. The number of methoxy groups -OCH3 is 2. The predicted octanol–water partition coefficient (Wildman–Crippen LogP) is 1.91. The molecule has 118 valence electrons. The fraction of sp³-hybridized carbons (Fsp3) is 0.562. The molecule has 0 aromatic heterocycles. The summed E-state index contributed by atoms with van der Waals surface area (Å²) in [6.07, 6.45) is 0. The third kappa shape index (κ3) is 4.63. The van der Waals surface area contributed by atoms with Crippen LogP contribution in [-0.2, 0) is 11.3 Å². The summed E-state index contributed by atoms with van der Waals surface area (Å²) in [5.41, 5.74) is 0.934. The zero-order valence-electron chi connectivity index (χ0n) is 13.6. The molecule has 1 aromatic rings. The van der Waals surface area contributed by atoms with Gasteiger partial charge in [-0.25, -0.2) is 0 Å². The number of hydrogen-bond acceptors (Lipinski definition) is 4. The standard InChI is InChI=1S/C16H26N2O3/c1-6-17-10-12(2)16(19)18(3)11-13-8-7-9-14(20-4)15(13)21-5/h7-9,12,17H,6,10-11H2,1-5H3. The van der Waals surface area contributed by atoms with E-state index in [2.05, 4.69) is 5.32 Å². The van der Waals surface area contributed by atoms with Crippen molar-refractivity contribution in [2.75, 3.05) is 34.4 Å². The van der Waals surface area contributed by atoms with Crippen molar-refractivity contribution in [3.63, 3.8) is 0 Å². The van der Waals surface area contributed by atoms with Crippen molar-refractivity contribution in [2.45, 2.75) is 20.4 Å². The van der Waals surface area contributed by atoms with Gasteiger partial charge in [0.2, 0.25) is 5.91 Å². The van der Waals surface area contributed by atoms with Gasteiger partial charge in [0, 0.05) is 31.6 Å². The highest BCUT2D eigenvalue weighted by Gasteiger charge is 2.19. The van der Waals surface area contributed by atoms with Crippen LogP contribution >= 0.6 is 0 Å². The van der Waals surface area contributed by atoms with Crippen LogP contribution in [0.1, 0.15) is 19.4 Å². The van der Waals surface area contributed by atoms with E-state index < -0.39 is 0 Å². The molecular weight excluding hydrogens is 268 g/mol. The Morgan fingerprint density at radius 2 is 2.05 bits per heavy atom. The molecule has 0 saturated heterocycles. The Kier molecular flexibility index (Phi) is 7.02. The number of para-hydroxylation sites is 1. The number of rotatable bonds is 8. The highest BCUT2D eigenvalue weighted by molar-refractivity contribution is 5.78. The molecule has 0 bridgehead atoms. The molecule has 5 nitrogen and oxygen atoms in total. The van der Waals surface area contributed by atoms with E-state index in [0.29, 0.717) is 24.6 Å². The Balaban J connectivity index is 2.78. The SMILES string of the molecule is CCNCC(C)C(=O)N(C)Cc1cccc(OC)c1OC. The van der Waals surface area contributed by atoms with Crippen molar-refractivity contribution in [1.29, 1.82) is 0 Å². The number of nitrogens with one attached hydrogen (secondary N) is 1. The second-order valence-corrected chi connectivity index (χ2v) is 5.06. The summed E-state index contributed by atoms with van der Waals surface area (Å²) < 4.78 is 10.7. The van der Waals surface area contributed by atoms with E-state index >= 15 is 0 Å². The van der Waals surface area contributed by atoms with Crippen molar-refractivity contribution < 1.29 is 14.3 Å². The predicted molar refractivity (Wildman–Crippen MR) is 83.7 cm³/mol. The van der Waals surface area contributed by atoms with E-state index in [0.717, 1.165) is 12.1 Å². The summed E-state index contributed by atoms with van der Waals surface area (Å²) in [6.45, 7) is 6.02. The van der Waals surface area contributed by atoms with Crippen LogP contribution in [-0.4, -0.2) is 45.2 Å². The molecule has 0 fully saturated rings. The highest BCUT2D eigenvalue weighted by Crippen LogP contribution is 2.31. The first-order valence-electron chi connectivity index (χ1n) is 7.20. The van der Waals surface area contributed by atoms with Gasteiger partial charge in [-0.05, 0) is 12.6 Å². The number of carbonyl (C=O) groups excluding carboxylic acids is 1. The van der Waals surface area contributed by atoms with Gasteiger partial charge in [-0.1, -0.05) is 26.0 Å². The molecule has 21 heavy (non-hydrogen) atoms. The van der Waals surface area contributed by atoms with Gasteiger partial charge >= 0.3 is 0 Å². The van der Waals surface area contributed by atoms with E-state index in [4.69, 9.17) is 9.47 Å². The second-order valence-electron chi connectivity index (χ2n) is 5.06. The van der Waals surface area contributed by atoms with Crippen LogP contribution in [0.25, 0.3) is 0 Å². The smallest absolute Gasteiger partial charge is 0.226 e. The quantitative estimate of drug-likeness (QED) is 0.796. The molecule has 1 N–H and O–H groups in total. The third-order valence-corrected chi connectivity index (χ3v) is 3.39. The van der Waals surface area contributed by atoms with Crippen LogP contribution in [0.5, 0.6) is 11.5 Å². The number of ether oxygens (including phenoxy) is 2. The topological polar surface area (TPSA) is 50.8 Å². The fourth-order valence-corrected chi connectivity index (χ4v) is 2.24. The van der Waals surface area contributed by atoms with Crippen LogP contribution < -0.4 is 14.8 Å². The largest absolute Gasteiger partial charge is 0.493 e. The van der Waals surface area contributed by atoms with Gasteiger partial charge in [-0.3, -0.25) is 4.79 Å². The molecular formula is C16H26N2O3. The average molecular weight is 294 g/mol. The van der Waals surface area contributed by atoms with Gasteiger partial charge in [0.25, 0.3) is 0 Å². The molecule has 0 aliphatic carbocycles. The molecule has 1 unspecified atom stereocenters. The van der Waals surface area contributed by atoms with E-state index in [1.807, 2.05) is 39.1 Å². The summed E-state index contributed by atoms with van der Waals surface area (Å²) in [6, 6.07) is 5.69. The van der Waals surface area contributed by atoms with Gasteiger partial charge in [-0.2, -0.15) is 0 Å². The summed E-state index contributed by atoms with van der Waals surface area (Å²) in [7, 11) is 5.02. The Morgan fingerprint density at radius 1 is 1.33 bits per heavy atom. The Bertz CT molecular complexity index is 463. The molecule has 0 heterocycles. The third-order valence-electron chi connectivity index (χ3n) is 3.39. The van der Waals surface area contributed by atoms with Gasteiger partial charge in [-0.15, -0.1) is 0 Å². The lowest BCUT2D eigenvalue weighted by Gasteiger charge is -2.23. The molecule has 1 atom stereocenters. The second kappa shape index (κ2) is 8.52. The van der Waals surface area contributed by atoms with E-state index in [1.165, 1.54) is 0 Å². The molecule has 1 aromatic carbocycles. The molecule has 0 saturated carbocycles. The van der Waals surface area contributed by atoms with E-state index in [1.54, 1.807) is 19.1 Å². The van der Waals surface area contributed by atoms with Crippen molar-refractivity contribution in [1.82, 2.24) is 10.2 Å². The van der Waals surface area contributed by atoms with E-state index in [-0.39, 0.29) is 11.8 Å². The first-order valence-corrected chi connectivity index (χ1v) is 7.20. The average Bonchev–Trinajstić information content (AvgIpc) is 2.51. The Hall–Kier alpha value is -1.75. The van der Waals surface area contributed by atoms with Crippen molar-refractivity contribution in [2.24, 2.45) is 5.92 Å². The summed E-state index contributed by atoms with van der Waals surface area (Å²) in [5.74, 6) is 1.42. The van der Waals surface area contributed by atoms with E-state index in [9.17, 15) is 4.79 Å². The summed E-state index contributed by atoms with van der Waals surface area (Å²) in [5, 5.41) is 3.20. The molecule has 0 radical (unpaired) electrons. The van der Waals surface area contributed by atoms with Crippen molar-refractivity contribution in [3.8, 4) is 11.5 Å². The maximum Gasteiger partial charge on any atom is 0.226 e. The lowest BCUT2D eigenvalue weighted by atomic mass is 10.1. The highest BCUT2D eigenvalue weighted by atomic mass is 16.5. The Labute approximate surface area is 127 Å². The minimum Gasteiger partial charge on any atom is -0.493 e. The fourth-order valence-electron chi connectivity index (χ4n) is 2.24. The van der Waals surface area contributed by atoms with Crippen molar-refractivity contribution >= 4 is 5.91 Å². The van der Waals surface area contributed by atoms with Gasteiger partial charge in [0.05, 0.1) is 14.2 Å². The maximum absolute atomic E-state index is 12.3. The van der Waals surface area contributed by atoms with Gasteiger partial charge < -0.3 is 19.7 Å². The first kappa shape index (κ1) is 17.3. The van der Waals surface area contributed by atoms with Crippen LogP contribution in [0.2, 0.25) is 0 Å². The number of hydrogen-bond donors (Lipinski definition) is 1. The molecule has 0 aliphatic rings. The van der Waals surface area contributed by atoms with Crippen LogP contribution in [0.3, 0.4) is 0 Å².